The van der Waals surface area contributed by atoms with E-state index in [2.05, 4.69) is 15.9 Å². The lowest BCUT2D eigenvalue weighted by atomic mass is 9.94. The maximum absolute atomic E-state index is 10.7. The zero-order valence-corrected chi connectivity index (χ0v) is 10.9. The summed E-state index contributed by atoms with van der Waals surface area (Å²) in [6.45, 7) is 1.51. The molecule has 0 N–H and O–H groups in total. The number of nitro groups is 1. The molecule has 0 saturated carbocycles. The average Bonchev–Trinajstić information content (AvgIpc) is 2.32. The number of hydrogen-bond donors (Lipinski definition) is 0. The van der Waals surface area contributed by atoms with Crippen molar-refractivity contribution in [2.45, 2.75) is 17.7 Å². The number of non-ortho nitro benzene ring substituents is 1. The zero-order valence-electron chi connectivity index (χ0n) is 9.34. The lowest BCUT2D eigenvalue weighted by molar-refractivity contribution is -0.384. The summed E-state index contributed by atoms with van der Waals surface area (Å²) in [4.78, 5) is 10.8. The molecular weight excluding hydrogens is 286 g/mol. The normalized spacial score (nSPS) is 24.5. The molecule has 1 aliphatic heterocycles. The van der Waals surface area contributed by atoms with Crippen molar-refractivity contribution in [2.75, 3.05) is 13.2 Å². The highest BCUT2D eigenvalue weighted by molar-refractivity contribution is 9.09. The predicted octanol–water partition coefficient (Wildman–Crippen LogP) is 2.94. The zero-order chi connectivity index (χ0) is 12.3. The molecule has 0 radical (unpaired) electrons. The van der Waals surface area contributed by atoms with Crippen molar-refractivity contribution < 1.29 is 9.66 Å². The van der Waals surface area contributed by atoms with E-state index in [1.165, 1.54) is 6.07 Å². The molecule has 17 heavy (non-hydrogen) atoms. The van der Waals surface area contributed by atoms with E-state index in [4.69, 9.17) is 4.74 Å². The molecule has 1 aliphatic rings. The molecule has 2 rings (SSSR count). The van der Waals surface area contributed by atoms with Gasteiger partial charge in [0.1, 0.15) is 0 Å². The monoisotopic (exact) mass is 299 g/mol. The van der Waals surface area contributed by atoms with E-state index in [-0.39, 0.29) is 10.6 Å². The number of alkyl halides is 1. The Morgan fingerprint density at radius 1 is 1.53 bits per heavy atom. The number of halogens is 1. The Kier molecular flexibility index (Phi) is 4.12. The lowest BCUT2D eigenvalue weighted by Crippen LogP contribution is -2.29. The van der Waals surface area contributed by atoms with Gasteiger partial charge in [-0.15, -0.1) is 0 Å². The molecule has 1 saturated heterocycles. The molecule has 2 unspecified atom stereocenters. The van der Waals surface area contributed by atoms with Crippen LogP contribution in [-0.4, -0.2) is 23.0 Å². The summed E-state index contributed by atoms with van der Waals surface area (Å²) in [5, 5.41) is 10.7. The van der Waals surface area contributed by atoms with Crippen molar-refractivity contribution in [2.24, 2.45) is 5.92 Å². The molecule has 1 fully saturated rings. The highest BCUT2D eigenvalue weighted by atomic mass is 79.9. The number of nitro benzene ring substituents is 1. The molecule has 0 amide bonds. The van der Waals surface area contributed by atoms with Crippen LogP contribution in [-0.2, 0) is 11.2 Å². The lowest BCUT2D eigenvalue weighted by Gasteiger charge is -2.27. The van der Waals surface area contributed by atoms with Crippen molar-refractivity contribution in [1.82, 2.24) is 0 Å². The van der Waals surface area contributed by atoms with E-state index in [1.807, 2.05) is 6.07 Å². The van der Waals surface area contributed by atoms with Crippen LogP contribution < -0.4 is 0 Å². The highest BCUT2D eigenvalue weighted by Gasteiger charge is 2.23. The van der Waals surface area contributed by atoms with Gasteiger partial charge < -0.3 is 4.74 Å². The SMILES string of the molecule is O=[N+]([O-])c1cccc(CC2COCCC2Br)c1. The maximum Gasteiger partial charge on any atom is 0.269 e. The van der Waals surface area contributed by atoms with Crippen molar-refractivity contribution in [1.29, 1.82) is 0 Å². The van der Waals surface area contributed by atoms with Crippen molar-refractivity contribution in [3.63, 3.8) is 0 Å². The summed E-state index contributed by atoms with van der Waals surface area (Å²) in [6.07, 6.45) is 1.82. The fourth-order valence-electron chi connectivity index (χ4n) is 2.06. The van der Waals surface area contributed by atoms with Gasteiger partial charge in [0.2, 0.25) is 0 Å². The number of nitrogens with zero attached hydrogens (tertiary/aromatic N) is 1. The van der Waals surface area contributed by atoms with Crippen LogP contribution in [0.5, 0.6) is 0 Å². The predicted molar refractivity (Wildman–Crippen MR) is 68.4 cm³/mol. The van der Waals surface area contributed by atoms with Gasteiger partial charge in [-0.2, -0.15) is 0 Å². The minimum atomic E-state index is -0.355. The van der Waals surface area contributed by atoms with Gasteiger partial charge in [0.05, 0.1) is 11.5 Å². The molecule has 1 aromatic rings. The van der Waals surface area contributed by atoms with E-state index in [9.17, 15) is 10.1 Å². The van der Waals surface area contributed by atoms with Crippen LogP contribution in [0, 0.1) is 16.0 Å². The van der Waals surface area contributed by atoms with E-state index < -0.39 is 0 Å². The van der Waals surface area contributed by atoms with Gasteiger partial charge in [0, 0.05) is 23.6 Å². The highest BCUT2D eigenvalue weighted by Crippen LogP contribution is 2.26. The van der Waals surface area contributed by atoms with Gasteiger partial charge in [-0.05, 0) is 24.3 Å². The first-order valence-corrected chi connectivity index (χ1v) is 6.53. The second-order valence-corrected chi connectivity index (χ2v) is 5.45. The Labute approximate surface area is 108 Å². The minimum absolute atomic E-state index is 0.158. The third-order valence-corrected chi connectivity index (χ3v) is 4.21. The first-order chi connectivity index (χ1) is 8.16. The number of ether oxygens (including phenoxy) is 1. The van der Waals surface area contributed by atoms with Crippen LogP contribution in [0.1, 0.15) is 12.0 Å². The Bertz CT molecular complexity index is 410. The Morgan fingerprint density at radius 3 is 3.06 bits per heavy atom. The van der Waals surface area contributed by atoms with Gasteiger partial charge in [-0.1, -0.05) is 28.1 Å². The first-order valence-electron chi connectivity index (χ1n) is 5.62. The Hall–Kier alpha value is -0.940. The van der Waals surface area contributed by atoms with E-state index in [0.717, 1.165) is 31.6 Å². The summed E-state index contributed by atoms with van der Waals surface area (Å²) < 4.78 is 5.44. The number of benzene rings is 1. The van der Waals surface area contributed by atoms with Gasteiger partial charge >= 0.3 is 0 Å². The topological polar surface area (TPSA) is 52.4 Å². The maximum atomic E-state index is 10.7. The van der Waals surface area contributed by atoms with E-state index in [0.29, 0.717) is 10.7 Å². The summed E-state index contributed by atoms with van der Waals surface area (Å²) in [7, 11) is 0. The summed E-state index contributed by atoms with van der Waals surface area (Å²) in [5.41, 5.74) is 1.16. The molecule has 0 aromatic heterocycles. The number of hydrogen-bond acceptors (Lipinski definition) is 3. The Morgan fingerprint density at radius 2 is 2.35 bits per heavy atom. The quantitative estimate of drug-likeness (QED) is 0.490. The fourth-order valence-corrected chi connectivity index (χ4v) is 2.58. The first kappa shape index (κ1) is 12.5. The van der Waals surface area contributed by atoms with Crippen molar-refractivity contribution in [3.8, 4) is 0 Å². The van der Waals surface area contributed by atoms with Crippen LogP contribution in [0.4, 0.5) is 5.69 Å². The molecule has 0 bridgehead atoms. The van der Waals surface area contributed by atoms with Crippen LogP contribution in [0.3, 0.4) is 0 Å². The van der Waals surface area contributed by atoms with Crippen molar-refractivity contribution >= 4 is 21.6 Å². The minimum Gasteiger partial charge on any atom is -0.381 e. The van der Waals surface area contributed by atoms with Gasteiger partial charge in [0.15, 0.2) is 0 Å². The molecule has 1 aromatic carbocycles. The molecule has 2 atom stereocenters. The molecule has 0 aliphatic carbocycles. The van der Waals surface area contributed by atoms with Gasteiger partial charge in [0.25, 0.3) is 5.69 Å². The molecule has 1 heterocycles. The average molecular weight is 300 g/mol. The smallest absolute Gasteiger partial charge is 0.269 e. The summed E-state index contributed by atoms with van der Waals surface area (Å²) in [6, 6.07) is 6.84. The molecule has 4 nitrogen and oxygen atoms in total. The van der Waals surface area contributed by atoms with E-state index >= 15 is 0 Å². The molecule has 0 spiro atoms. The third kappa shape index (κ3) is 3.26. The second-order valence-electron chi connectivity index (χ2n) is 4.27. The van der Waals surface area contributed by atoms with Crippen LogP contribution in [0.15, 0.2) is 24.3 Å². The van der Waals surface area contributed by atoms with E-state index in [1.54, 1.807) is 12.1 Å². The molecule has 5 heteroatoms. The summed E-state index contributed by atoms with van der Waals surface area (Å²) >= 11 is 3.65. The molecular formula is C12H14BrNO3. The standard InChI is InChI=1S/C12H14BrNO3/c13-12-4-5-17-8-10(12)6-9-2-1-3-11(7-9)14(15)16/h1-3,7,10,12H,4-6,8H2. The second kappa shape index (κ2) is 5.60. The van der Waals surface area contributed by atoms with Crippen molar-refractivity contribution in [3.05, 3.63) is 39.9 Å². The summed E-state index contributed by atoms with van der Waals surface area (Å²) in [5.74, 6) is 0.394. The number of rotatable bonds is 3. The van der Waals surface area contributed by atoms with Crippen LogP contribution in [0.2, 0.25) is 0 Å². The Balaban J connectivity index is 2.07. The third-order valence-electron chi connectivity index (χ3n) is 3.00. The van der Waals surface area contributed by atoms with Gasteiger partial charge in [-0.3, -0.25) is 10.1 Å². The largest absolute Gasteiger partial charge is 0.381 e. The van der Waals surface area contributed by atoms with Crippen LogP contribution in [0.25, 0.3) is 0 Å². The molecule has 92 valence electrons. The van der Waals surface area contributed by atoms with Crippen LogP contribution >= 0.6 is 15.9 Å². The van der Waals surface area contributed by atoms with Gasteiger partial charge in [-0.25, -0.2) is 0 Å². The fraction of sp³-hybridized carbons (Fsp3) is 0.500.